The summed E-state index contributed by atoms with van der Waals surface area (Å²) in [6.07, 6.45) is 2.12. The van der Waals surface area contributed by atoms with Crippen molar-refractivity contribution in [1.82, 2.24) is 0 Å². The van der Waals surface area contributed by atoms with Gasteiger partial charge in [0, 0.05) is 22.0 Å². The van der Waals surface area contributed by atoms with Crippen molar-refractivity contribution in [2.45, 2.75) is 25.7 Å². The maximum atomic E-state index is 14.5. The molecule has 240 valence electrons. The number of carbonyl (C=O) groups excluding carboxylic acids is 4. The number of aromatic carboxylic acids is 1. The third kappa shape index (κ3) is 4.27. The molecule has 11 nitrogen and oxygen atoms in total. The minimum atomic E-state index is -1.37. The average Bonchev–Trinajstić information content (AvgIpc) is 3.41. The number of rotatable bonds is 5. The number of fused-ring (bicyclic) bond motifs is 4. The largest absolute Gasteiger partial charge is 0.507 e. The van der Waals surface area contributed by atoms with Crippen molar-refractivity contribution in [3.05, 3.63) is 87.9 Å². The number of phenols is 2. The van der Waals surface area contributed by atoms with E-state index in [9.17, 15) is 39.3 Å². The molecule has 3 fully saturated rings. The Kier molecular flexibility index (Phi) is 7.05. The van der Waals surface area contributed by atoms with Crippen molar-refractivity contribution in [2.75, 3.05) is 16.9 Å². The van der Waals surface area contributed by atoms with Crippen molar-refractivity contribution >= 4 is 56.9 Å². The van der Waals surface area contributed by atoms with E-state index in [0.717, 1.165) is 17.0 Å². The van der Waals surface area contributed by atoms with Crippen LogP contribution in [-0.4, -0.2) is 52.0 Å². The van der Waals surface area contributed by atoms with Crippen LogP contribution in [0.5, 0.6) is 17.2 Å². The Morgan fingerprint density at radius 3 is 2.30 bits per heavy atom. The van der Waals surface area contributed by atoms with Gasteiger partial charge in [-0.2, -0.15) is 0 Å². The summed E-state index contributed by atoms with van der Waals surface area (Å²) in [4.78, 5) is 70.5. The highest BCUT2D eigenvalue weighted by molar-refractivity contribution is 9.10. The summed E-state index contributed by atoms with van der Waals surface area (Å²) in [6, 6.07) is 15.4. The number of carboxylic acids is 1. The molecule has 3 aromatic rings. The fourth-order valence-corrected chi connectivity index (χ4v) is 8.70. The van der Waals surface area contributed by atoms with Crippen molar-refractivity contribution in [3.8, 4) is 17.2 Å². The van der Waals surface area contributed by atoms with Crippen LogP contribution >= 0.6 is 15.9 Å². The normalized spacial score (nSPS) is 28.1. The van der Waals surface area contributed by atoms with E-state index in [0.29, 0.717) is 21.3 Å². The first-order valence-electron chi connectivity index (χ1n) is 15.0. The second-order valence-electron chi connectivity index (χ2n) is 12.6. The van der Waals surface area contributed by atoms with Crippen molar-refractivity contribution in [1.29, 1.82) is 0 Å². The van der Waals surface area contributed by atoms with Gasteiger partial charge in [-0.25, -0.2) is 14.6 Å². The van der Waals surface area contributed by atoms with E-state index < -0.39 is 70.4 Å². The number of nitrogens with zero attached hydrogens (tertiary/aromatic N) is 2. The number of anilines is 2. The topological polar surface area (TPSA) is 162 Å². The lowest BCUT2D eigenvalue weighted by molar-refractivity contribution is -0.131. The number of halogens is 1. The first-order valence-corrected chi connectivity index (χ1v) is 15.8. The number of aromatic hydroxyl groups is 2. The lowest BCUT2D eigenvalue weighted by Crippen LogP contribution is -2.49. The minimum absolute atomic E-state index is 0.0346. The molecule has 3 N–H and O–H groups in total. The van der Waals surface area contributed by atoms with Crippen LogP contribution < -0.4 is 14.5 Å². The molecule has 12 heteroatoms. The van der Waals surface area contributed by atoms with Crippen LogP contribution in [0.25, 0.3) is 0 Å². The number of amides is 4. The highest BCUT2D eigenvalue weighted by Crippen LogP contribution is 2.65. The molecule has 4 aliphatic rings. The van der Waals surface area contributed by atoms with Gasteiger partial charge in [0.25, 0.3) is 0 Å². The fourth-order valence-electron chi connectivity index (χ4n) is 8.25. The van der Waals surface area contributed by atoms with Gasteiger partial charge in [-0.15, -0.1) is 0 Å². The zero-order valence-electron chi connectivity index (χ0n) is 25.2. The molecule has 0 unspecified atom stereocenters. The van der Waals surface area contributed by atoms with Crippen LogP contribution in [0.3, 0.4) is 0 Å². The van der Waals surface area contributed by atoms with Gasteiger partial charge in [-0.3, -0.25) is 19.2 Å². The number of carbonyl (C=O) groups is 5. The third-order valence-electron chi connectivity index (χ3n) is 10.4. The molecular weight excluding hydrogens is 672 g/mol. The van der Waals surface area contributed by atoms with E-state index in [-0.39, 0.29) is 35.6 Å². The van der Waals surface area contributed by atoms with Crippen LogP contribution in [-0.2, 0) is 19.2 Å². The Labute approximate surface area is 277 Å². The van der Waals surface area contributed by atoms with Gasteiger partial charge in [0.2, 0.25) is 23.6 Å². The monoisotopic (exact) mass is 700 g/mol. The number of allylic oxidation sites excluding steroid dienone is 2. The summed E-state index contributed by atoms with van der Waals surface area (Å²) in [5.74, 6) is -8.02. The van der Waals surface area contributed by atoms with E-state index in [1.165, 1.54) is 18.1 Å². The van der Waals surface area contributed by atoms with Gasteiger partial charge in [0.05, 0.1) is 41.7 Å². The Morgan fingerprint density at radius 1 is 0.915 bits per heavy atom. The molecular formula is C35H29BrN2O9. The van der Waals surface area contributed by atoms with Gasteiger partial charge in [-0.1, -0.05) is 45.8 Å². The summed E-state index contributed by atoms with van der Waals surface area (Å²) in [6.45, 7) is 1.72. The Morgan fingerprint density at radius 2 is 1.64 bits per heavy atom. The zero-order chi connectivity index (χ0) is 33.5. The number of imide groups is 2. The zero-order valence-corrected chi connectivity index (χ0v) is 26.8. The minimum Gasteiger partial charge on any atom is -0.507 e. The van der Waals surface area contributed by atoms with Crippen LogP contribution in [0.1, 0.15) is 41.6 Å². The maximum absolute atomic E-state index is 14.5. The summed E-state index contributed by atoms with van der Waals surface area (Å²) in [7, 11) is 1.41. The molecule has 7 rings (SSSR count). The lowest BCUT2D eigenvalue weighted by atomic mass is 9.51. The number of para-hydroxylation sites is 1. The van der Waals surface area contributed by atoms with Crippen LogP contribution in [0.2, 0.25) is 0 Å². The number of benzene rings is 3. The number of hydrogen-bond donors (Lipinski definition) is 3. The Balaban J connectivity index is 1.38. The van der Waals surface area contributed by atoms with E-state index >= 15 is 0 Å². The van der Waals surface area contributed by atoms with E-state index in [2.05, 4.69) is 15.9 Å². The molecule has 0 spiro atoms. The molecule has 2 heterocycles. The fraction of sp³-hybridized carbons (Fsp3) is 0.286. The summed E-state index contributed by atoms with van der Waals surface area (Å²) in [5.41, 5.74) is -0.284. The highest BCUT2D eigenvalue weighted by atomic mass is 79.9. The molecule has 4 amide bonds. The molecule has 2 aliphatic heterocycles. The van der Waals surface area contributed by atoms with Gasteiger partial charge < -0.3 is 20.1 Å². The average molecular weight is 702 g/mol. The Bertz CT molecular complexity index is 1940. The standard InChI is InChI=1S/C35H29BrN2O9/c1-35-24(31(42)38(34(35)46)17-6-4-3-5-7-17)15-22-19(28(35)23-12-16(36)13-26(47-2)29(23)40)10-11-21-27(22)32(43)37(30(21)41)18-8-9-20(33(44)45)25(39)14-18/h3-10,12-14,21-22,24,27-28,39-40H,11,15H2,1-2H3,(H,44,45)/t21-,22+,24-,27-,28+,35+/m0/s1. The molecule has 0 aromatic heterocycles. The number of hydrogen-bond acceptors (Lipinski definition) is 8. The predicted octanol–water partition coefficient (Wildman–Crippen LogP) is 5.00. The smallest absolute Gasteiger partial charge is 0.339 e. The second-order valence-corrected chi connectivity index (χ2v) is 13.5. The molecule has 1 saturated carbocycles. The van der Waals surface area contributed by atoms with Crippen molar-refractivity contribution in [2.24, 2.45) is 29.1 Å². The summed E-state index contributed by atoms with van der Waals surface area (Å²) in [5, 5.41) is 31.2. The number of phenolic OH excluding ortho intramolecular Hbond substituents is 1. The first kappa shape index (κ1) is 30.7. The predicted molar refractivity (Wildman–Crippen MR) is 171 cm³/mol. The molecule has 0 bridgehead atoms. The number of carboxylic acid groups (broad SMARTS) is 1. The third-order valence-corrected chi connectivity index (χ3v) is 10.8. The molecule has 3 aromatic carbocycles. The summed E-state index contributed by atoms with van der Waals surface area (Å²) >= 11 is 3.49. The van der Waals surface area contributed by atoms with Crippen LogP contribution in [0, 0.1) is 29.1 Å². The number of ether oxygens (including phenoxy) is 1. The maximum Gasteiger partial charge on any atom is 0.339 e. The van der Waals surface area contributed by atoms with Crippen molar-refractivity contribution < 1.29 is 44.0 Å². The summed E-state index contributed by atoms with van der Waals surface area (Å²) < 4.78 is 6.02. The Hall–Kier alpha value is -4.97. The van der Waals surface area contributed by atoms with Crippen LogP contribution in [0.15, 0.2) is 76.8 Å². The SMILES string of the molecule is COc1cc(Br)cc([C@H]2C3=CC[C@@H]4C(=O)N(c5ccc(C(=O)O)c(O)c5)C(=O)[C@@H]4[C@@H]3C[C@H]3C(=O)N(c4ccccc4)C(=O)[C@@]23C)c1O. The molecule has 0 radical (unpaired) electrons. The first-order chi connectivity index (χ1) is 22.4. The number of methoxy groups -OCH3 is 1. The molecule has 47 heavy (non-hydrogen) atoms. The second kappa shape index (κ2) is 10.8. The molecule has 2 saturated heterocycles. The quantitative estimate of drug-likeness (QED) is 0.246. The van der Waals surface area contributed by atoms with Crippen LogP contribution in [0.4, 0.5) is 11.4 Å². The van der Waals surface area contributed by atoms with Gasteiger partial charge in [0.1, 0.15) is 11.3 Å². The van der Waals surface area contributed by atoms with E-state index in [1.807, 2.05) is 6.08 Å². The highest BCUT2D eigenvalue weighted by Gasteiger charge is 2.68. The molecule has 6 atom stereocenters. The van der Waals surface area contributed by atoms with E-state index in [4.69, 9.17) is 4.74 Å². The lowest BCUT2D eigenvalue weighted by Gasteiger charge is -2.49. The van der Waals surface area contributed by atoms with Gasteiger partial charge in [0.15, 0.2) is 11.5 Å². The van der Waals surface area contributed by atoms with Gasteiger partial charge in [-0.05, 0) is 62.1 Å². The van der Waals surface area contributed by atoms with Gasteiger partial charge >= 0.3 is 5.97 Å². The van der Waals surface area contributed by atoms with Crippen molar-refractivity contribution in [3.63, 3.8) is 0 Å². The van der Waals surface area contributed by atoms with E-state index in [1.54, 1.807) is 49.4 Å². The molecule has 2 aliphatic carbocycles.